The van der Waals surface area contributed by atoms with E-state index in [-0.39, 0.29) is 18.3 Å². The number of amides is 1. The van der Waals surface area contributed by atoms with Gasteiger partial charge in [-0.2, -0.15) is 5.10 Å². The summed E-state index contributed by atoms with van der Waals surface area (Å²) < 4.78 is 6.73. The number of hydrogen-bond acceptors (Lipinski definition) is 8. The molecule has 0 radical (unpaired) electrons. The van der Waals surface area contributed by atoms with E-state index in [2.05, 4.69) is 20.4 Å². The molecule has 4 aromatic rings. The zero-order valence-electron chi connectivity index (χ0n) is 16.4. The number of hydrogen-bond donors (Lipinski definition) is 1. The van der Waals surface area contributed by atoms with E-state index >= 15 is 0 Å². The Morgan fingerprint density at radius 2 is 2.13 bits per heavy atom. The van der Waals surface area contributed by atoms with Crippen LogP contribution in [0.15, 0.2) is 35.2 Å². The molecule has 0 spiro atoms. The lowest BCUT2D eigenvalue weighted by Crippen LogP contribution is -2.13. The number of carbonyl (C=O) groups excluding carboxylic acids is 2. The molecule has 4 heterocycles. The van der Waals surface area contributed by atoms with Crippen LogP contribution < -0.4 is 5.32 Å². The fourth-order valence-corrected chi connectivity index (χ4v) is 4.39. The number of thiazole rings is 1. The van der Waals surface area contributed by atoms with Gasteiger partial charge in [-0.25, -0.2) is 14.6 Å². The lowest BCUT2D eigenvalue weighted by molar-refractivity contribution is -0.142. The number of ether oxygens (including phenoxy) is 1. The number of aryl methyl sites for hydroxylation is 1. The Morgan fingerprint density at radius 3 is 2.90 bits per heavy atom. The molecule has 0 fully saturated rings. The summed E-state index contributed by atoms with van der Waals surface area (Å²) in [4.78, 5) is 34.6. The highest BCUT2D eigenvalue weighted by molar-refractivity contribution is 7.14. The highest BCUT2D eigenvalue weighted by Gasteiger charge is 2.18. The number of pyridine rings is 1. The average molecular weight is 442 g/mol. The molecule has 0 bridgehead atoms. The van der Waals surface area contributed by atoms with E-state index in [1.807, 2.05) is 24.4 Å². The fourth-order valence-electron chi connectivity index (χ4n) is 3.00. The van der Waals surface area contributed by atoms with Crippen LogP contribution in [0.5, 0.6) is 0 Å². The first-order chi connectivity index (χ1) is 14.5. The van der Waals surface area contributed by atoms with Gasteiger partial charge in [0.1, 0.15) is 0 Å². The molecule has 0 unspecified atom stereocenters. The number of nitrogens with zero attached hydrogens (tertiary/aromatic N) is 4. The third-order valence-corrected chi connectivity index (χ3v) is 5.94. The number of aromatic nitrogens is 4. The number of carbonyl (C=O) groups is 2. The molecule has 4 aromatic heterocycles. The first-order valence-corrected chi connectivity index (χ1v) is 11.1. The topological polar surface area (TPSA) is 99.0 Å². The largest absolute Gasteiger partial charge is 0.466 e. The summed E-state index contributed by atoms with van der Waals surface area (Å²) in [5.41, 5.74) is 2.43. The van der Waals surface area contributed by atoms with Gasteiger partial charge >= 0.3 is 5.97 Å². The number of anilines is 1. The molecule has 1 N–H and O–H groups in total. The second-order valence-corrected chi connectivity index (χ2v) is 8.40. The van der Waals surface area contributed by atoms with Crippen LogP contribution in [-0.4, -0.2) is 38.2 Å². The molecule has 1 amide bonds. The smallest absolute Gasteiger partial charge is 0.311 e. The van der Waals surface area contributed by atoms with Crippen molar-refractivity contribution in [2.45, 2.75) is 26.8 Å². The van der Waals surface area contributed by atoms with Gasteiger partial charge < -0.3 is 4.74 Å². The van der Waals surface area contributed by atoms with Crippen LogP contribution in [0.1, 0.15) is 33.5 Å². The van der Waals surface area contributed by atoms with Gasteiger partial charge in [0, 0.05) is 16.0 Å². The maximum atomic E-state index is 12.9. The van der Waals surface area contributed by atoms with Crippen molar-refractivity contribution >= 4 is 50.7 Å². The highest BCUT2D eigenvalue weighted by Crippen LogP contribution is 2.23. The summed E-state index contributed by atoms with van der Waals surface area (Å²) in [6, 6.07) is 5.77. The van der Waals surface area contributed by atoms with Crippen LogP contribution in [0.4, 0.5) is 5.13 Å². The van der Waals surface area contributed by atoms with E-state index < -0.39 is 0 Å². The van der Waals surface area contributed by atoms with Crippen molar-refractivity contribution in [2.75, 3.05) is 11.9 Å². The zero-order valence-corrected chi connectivity index (χ0v) is 18.0. The maximum absolute atomic E-state index is 12.9. The van der Waals surface area contributed by atoms with E-state index in [0.717, 1.165) is 10.6 Å². The maximum Gasteiger partial charge on any atom is 0.311 e. The lowest BCUT2D eigenvalue weighted by atomic mass is 10.1. The van der Waals surface area contributed by atoms with Gasteiger partial charge in [-0.15, -0.1) is 22.7 Å². The van der Waals surface area contributed by atoms with Crippen molar-refractivity contribution in [2.24, 2.45) is 0 Å². The van der Waals surface area contributed by atoms with Crippen LogP contribution in [-0.2, 0) is 22.5 Å². The molecule has 0 atom stereocenters. The Bertz CT molecular complexity index is 1200. The molecule has 10 heteroatoms. The zero-order chi connectivity index (χ0) is 21.1. The molecule has 30 heavy (non-hydrogen) atoms. The summed E-state index contributed by atoms with van der Waals surface area (Å²) in [7, 11) is 0. The Labute approximate surface area is 180 Å². The van der Waals surface area contributed by atoms with Crippen molar-refractivity contribution in [3.63, 3.8) is 0 Å². The minimum absolute atomic E-state index is 0.0777. The molecular formula is C20H19N5O3S2. The Kier molecular flexibility index (Phi) is 5.86. The third-order valence-electron chi connectivity index (χ3n) is 4.27. The van der Waals surface area contributed by atoms with Gasteiger partial charge in [0.15, 0.2) is 10.8 Å². The lowest BCUT2D eigenvalue weighted by Gasteiger charge is -2.06. The van der Waals surface area contributed by atoms with Gasteiger partial charge in [0.2, 0.25) is 0 Å². The minimum Gasteiger partial charge on any atom is -0.466 e. The normalized spacial score (nSPS) is 11.0. The summed E-state index contributed by atoms with van der Waals surface area (Å²) >= 11 is 2.91. The molecule has 0 aliphatic carbocycles. The molecule has 154 valence electrons. The molecular weight excluding hydrogens is 422 g/mol. The van der Waals surface area contributed by atoms with Crippen LogP contribution in [0.2, 0.25) is 0 Å². The molecule has 0 aliphatic rings. The van der Waals surface area contributed by atoms with E-state index in [9.17, 15) is 9.59 Å². The predicted octanol–water partition coefficient (Wildman–Crippen LogP) is 3.66. The van der Waals surface area contributed by atoms with Crippen LogP contribution in [0.3, 0.4) is 0 Å². The fraction of sp³-hybridized carbons (Fsp3) is 0.250. The predicted molar refractivity (Wildman–Crippen MR) is 116 cm³/mol. The third kappa shape index (κ3) is 4.39. The van der Waals surface area contributed by atoms with E-state index in [0.29, 0.717) is 40.6 Å². The van der Waals surface area contributed by atoms with Crippen LogP contribution in [0, 0.1) is 6.92 Å². The monoisotopic (exact) mass is 441 g/mol. The minimum atomic E-state index is -0.342. The highest BCUT2D eigenvalue weighted by atomic mass is 32.1. The SMILES string of the molecule is CCOC(=O)Cc1csc(NC(=O)c2cc(C)nc3c2cnn3Cc2cccs2)n1. The number of esters is 1. The molecule has 0 aromatic carbocycles. The first kappa shape index (κ1) is 20.2. The molecule has 0 aliphatic heterocycles. The van der Waals surface area contributed by atoms with Crippen molar-refractivity contribution in [1.29, 1.82) is 0 Å². The number of nitrogens with one attached hydrogen (secondary N) is 1. The van der Waals surface area contributed by atoms with Gasteiger partial charge in [-0.1, -0.05) is 6.07 Å². The van der Waals surface area contributed by atoms with E-state index in [1.165, 1.54) is 11.3 Å². The van der Waals surface area contributed by atoms with E-state index in [4.69, 9.17) is 4.74 Å². The number of fused-ring (bicyclic) bond motifs is 1. The van der Waals surface area contributed by atoms with Gasteiger partial charge in [0.05, 0.1) is 42.4 Å². The molecule has 4 rings (SSSR count). The first-order valence-electron chi connectivity index (χ1n) is 9.30. The summed E-state index contributed by atoms with van der Waals surface area (Å²) in [5.74, 6) is -0.636. The molecule has 0 saturated carbocycles. The molecule has 0 saturated heterocycles. The van der Waals surface area contributed by atoms with Crippen molar-refractivity contribution in [3.05, 3.63) is 57.0 Å². The second kappa shape index (κ2) is 8.72. The Hall–Kier alpha value is -3.11. The van der Waals surface area contributed by atoms with E-state index in [1.54, 1.807) is 40.6 Å². The average Bonchev–Trinajstić information content (AvgIpc) is 3.45. The van der Waals surface area contributed by atoms with Crippen molar-refractivity contribution in [1.82, 2.24) is 19.7 Å². The second-order valence-electron chi connectivity index (χ2n) is 6.51. The van der Waals surface area contributed by atoms with Gasteiger partial charge in [0.25, 0.3) is 5.91 Å². The summed E-state index contributed by atoms with van der Waals surface area (Å²) in [6.45, 7) is 4.52. The Morgan fingerprint density at radius 1 is 1.27 bits per heavy atom. The summed E-state index contributed by atoms with van der Waals surface area (Å²) in [6.07, 6.45) is 1.74. The molecule has 8 nitrogen and oxygen atoms in total. The standard InChI is InChI=1S/C20H19N5O3S2/c1-3-28-17(26)8-13-11-30-20(23-13)24-19(27)15-7-12(2)22-18-16(15)9-21-25(18)10-14-5-4-6-29-14/h4-7,9,11H,3,8,10H2,1-2H3,(H,23,24,27). The summed E-state index contributed by atoms with van der Waals surface area (Å²) in [5, 5.41) is 12.1. The Balaban J connectivity index is 1.55. The van der Waals surface area contributed by atoms with Gasteiger partial charge in [-0.05, 0) is 31.4 Å². The van der Waals surface area contributed by atoms with Crippen LogP contribution >= 0.6 is 22.7 Å². The van der Waals surface area contributed by atoms with Crippen molar-refractivity contribution < 1.29 is 14.3 Å². The van der Waals surface area contributed by atoms with Gasteiger partial charge in [-0.3, -0.25) is 14.9 Å². The van der Waals surface area contributed by atoms with Crippen molar-refractivity contribution in [3.8, 4) is 0 Å². The number of rotatable bonds is 7. The quantitative estimate of drug-likeness (QED) is 0.440. The van der Waals surface area contributed by atoms with Crippen LogP contribution in [0.25, 0.3) is 11.0 Å². The number of thiophene rings is 1.